The van der Waals surface area contributed by atoms with Crippen molar-refractivity contribution in [1.29, 1.82) is 0 Å². The second-order valence-corrected chi connectivity index (χ2v) is 6.64. The number of hydrogen-bond acceptors (Lipinski definition) is 5. The molecule has 7 heteroatoms. The maximum Gasteiger partial charge on any atom is 0.305 e. The molecule has 0 radical (unpaired) electrons. The van der Waals surface area contributed by atoms with Gasteiger partial charge in [-0.15, -0.1) is 0 Å². The van der Waals surface area contributed by atoms with Crippen LogP contribution in [0.3, 0.4) is 0 Å². The third kappa shape index (κ3) is 6.58. The van der Waals surface area contributed by atoms with Crippen molar-refractivity contribution in [2.45, 2.75) is 32.1 Å². The van der Waals surface area contributed by atoms with Crippen molar-refractivity contribution in [3.8, 4) is 5.75 Å². The van der Waals surface area contributed by atoms with Gasteiger partial charge < -0.3 is 19.7 Å². The second kappa shape index (κ2) is 10.5. The van der Waals surface area contributed by atoms with Crippen molar-refractivity contribution in [2.24, 2.45) is 5.92 Å². The topological polar surface area (TPSA) is 84.9 Å². The van der Waals surface area contributed by atoms with E-state index >= 15 is 0 Å². The van der Waals surface area contributed by atoms with Gasteiger partial charge in [0, 0.05) is 32.5 Å². The Hall–Kier alpha value is -2.57. The van der Waals surface area contributed by atoms with E-state index in [0.717, 1.165) is 17.7 Å². The molecule has 1 atom stereocenters. The lowest BCUT2D eigenvalue weighted by Crippen LogP contribution is -2.46. The van der Waals surface area contributed by atoms with E-state index in [9.17, 15) is 14.4 Å². The molecule has 27 heavy (non-hydrogen) atoms. The predicted molar refractivity (Wildman–Crippen MR) is 100 cm³/mol. The van der Waals surface area contributed by atoms with Gasteiger partial charge in [0.25, 0.3) is 0 Å². The monoisotopic (exact) mass is 376 g/mol. The summed E-state index contributed by atoms with van der Waals surface area (Å²) in [5.74, 6) is 0.366. The third-order valence-corrected chi connectivity index (χ3v) is 4.78. The van der Waals surface area contributed by atoms with Crippen LogP contribution in [0.15, 0.2) is 24.3 Å². The molecule has 0 aliphatic carbocycles. The van der Waals surface area contributed by atoms with E-state index < -0.39 is 0 Å². The first-order valence-corrected chi connectivity index (χ1v) is 9.28. The fourth-order valence-corrected chi connectivity index (χ4v) is 3.09. The summed E-state index contributed by atoms with van der Waals surface area (Å²) in [6.07, 6.45) is 2.53. The lowest BCUT2D eigenvalue weighted by molar-refractivity contribution is -0.141. The number of carbonyl (C=O) groups excluding carboxylic acids is 3. The molecule has 7 nitrogen and oxygen atoms in total. The van der Waals surface area contributed by atoms with Gasteiger partial charge >= 0.3 is 5.97 Å². The van der Waals surface area contributed by atoms with Crippen LogP contribution in [0.2, 0.25) is 0 Å². The number of ether oxygens (including phenoxy) is 2. The first-order chi connectivity index (χ1) is 13.0. The lowest BCUT2D eigenvalue weighted by Gasteiger charge is -2.32. The number of likely N-dealkylation sites (tertiary alicyclic amines) is 1. The van der Waals surface area contributed by atoms with E-state index in [1.54, 1.807) is 12.0 Å². The fraction of sp³-hybridized carbons (Fsp3) is 0.550. The zero-order valence-corrected chi connectivity index (χ0v) is 16.0. The highest BCUT2D eigenvalue weighted by Gasteiger charge is 2.29. The molecule has 2 rings (SSSR count). The van der Waals surface area contributed by atoms with Crippen molar-refractivity contribution in [3.63, 3.8) is 0 Å². The molecule has 0 bridgehead atoms. The van der Waals surface area contributed by atoms with E-state index in [0.29, 0.717) is 38.9 Å². The molecular formula is C20H28N2O5. The van der Waals surface area contributed by atoms with Gasteiger partial charge in [0.05, 0.1) is 20.1 Å². The number of piperidine rings is 1. The first kappa shape index (κ1) is 20.7. The first-order valence-electron chi connectivity index (χ1n) is 9.28. The molecule has 0 saturated carbocycles. The Labute approximate surface area is 160 Å². The number of nitrogens with zero attached hydrogens (tertiary/aromatic N) is 1. The molecule has 1 aromatic rings. The maximum absolute atomic E-state index is 12.3. The number of esters is 1. The van der Waals surface area contributed by atoms with Crippen LogP contribution < -0.4 is 10.1 Å². The zero-order valence-electron chi connectivity index (χ0n) is 16.0. The highest BCUT2D eigenvalue weighted by atomic mass is 16.5. The molecule has 0 aromatic heterocycles. The van der Waals surface area contributed by atoms with Gasteiger partial charge in [-0.1, -0.05) is 12.1 Å². The molecule has 1 heterocycles. The fourth-order valence-electron chi connectivity index (χ4n) is 3.09. The van der Waals surface area contributed by atoms with Crippen LogP contribution >= 0.6 is 0 Å². The van der Waals surface area contributed by atoms with Crippen molar-refractivity contribution >= 4 is 17.8 Å². The Balaban J connectivity index is 1.77. The number of carbonyl (C=O) groups is 3. The average molecular weight is 376 g/mol. The summed E-state index contributed by atoms with van der Waals surface area (Å²) in [6.45, 7) is 1.47. The van der Waals surface area contributed by atoms with Crippen molar-refractivity contribution in [1.82, 2.24) is 10.2 Å². The van der Waals surface area contributed by atoms with Crippen LogP contribution in [0.4, 0.5) is 0 Å². The van der Waals surface area contributed by atoms with Crippen LogP contribution in [-0.2, 0) is 25.5 Å². The van der Waals surface area contributed by atoms with E-state index in [1.807, 2.05) is 24.3 Å². The molecule has 0 spiro atoms. The molecule has 1 saturated heterocycles. The van der Waals surface area contributed by atoms with E-state index in [2.05, 4.69) is 10.1 Å². The van der Waals surface area contributed by atoms with E-state index in [-0.39, 0.29) is 30.1 Å². The largest absolute Gasteiger partial charge is 0.497 e. The van der Waals surface area contributed by atoms with Crippen molar-refractivity contribution in [3.05, 3.63) is 29.8 Å². The molecule has 148 valence electrons. The highest BCUT2D eigenvalue weighted by Crippen LogP contribution is 2.19. The van der Waals surface area contributed by atoms with Gasteiger partial charge in [-0.2, -0.15) is 0 Å². The molecule has 1 aromatic carbocycles. The number of benzene rings is 1. The minimum absolute atomic E-state index is 0.0539. The standard InChI is InChI=1S/C20H28N2O5/c1-26-17-8-5-15(6-9-17)11-13-22-14-16(7-10-18(22)23)20(25)21-12-3-4-19(24)27-2/h5-6,8-9,16H,3-4,7,10-14H2,1-2H3,(H,21,25)/t16-/m0/s1. The molecule has 0 unspecified atom stereocenters. The van der Waals surface area contributed by atoms with Crippen LogP contribution in [-0.4, -0.2) is 56.5 Å². The average Bonchev–Trinajstić information content (AvgIpc) is 2.70. The van der Waals surface area contributed by atoms with Crippen LogP contribution in [0.5, 0.6) is 5.75 Å². The Kier molecular flexibility index (Phi) is 8.10. The van der Waals surface area contributed by atoms with Crippen LogP contribution in [0.1, 0.15) is 31.2 Å². The minimum Gasteiger partial charge on any atom is -0.497 e. The smallest absolute Gasteiger partial charge is 0.305 e. The quantitative estimate of drug-likeness (QED) is 0.522. The minimum atomic E-state index is -0.280. The molecular weight excluding hydrogens is 348 g/mol. The zero-order chi connectivity index (χ0) is 19.6. The number of hydrogen-bond donors (Lipinski definition) is 1. The highest BCUT2D eigenvalue weighted by molar-refractivity contribution is 5.83. The summed E-state index contributed by atoms with van der Waals surface area (Å²) in [4.78, 5) is 37.4. The van der Waals surface area contributed by atoms with Gasteiger partial charge in [-0.05, 0) is 37.0 Å². The Bertz CT molecular complexity index is 644. The molecule has 1 fully saturated rings. The lowest BCUT2D eigenvalue weighted by atomic mass is 9.96. The summed E-state index contributed by atoms with van der Waals surface area (Å²) < 4.78 is 9.72. The maximum atomic E-state index is 12.3. The summed E-state index contributed by atoms with van der Waals surface area (Å²) in [7, 11) is 2.97. The van der Waals surface area contributed by atoms with E-state index in [4.69, 9.17) is 4.74 Å². The number of nitrogens with one attached hydrogen (secondary N) is 1. The Morgan fingerprint density at radius 3 is 2.63 bits per heavy atom. The number of methoxy groups -OCH3 is 2. The number of amides is 2. The Morgan fingerprint density at radius 1 is 1.22 bits per heavy atom. The second-order valence-electron chi connectivity index (χ2n) is 6.64. The number of rotatable bonds is 9. The normalized spacial score (nSPS) is 16.7. The van der Waals surface area contributed by atoms with Gasteiger partial charge in [-0.3, -0.25) is 14.4 Å². The van der Waals surface area contributed by atoms with Crippen molar-refractivity contribution < 1.29 is 23.9 Å². The van der Waals surface area contributed by atoms with Gasteiger partial charge in [0.1, 0.15) is 5.75 Å². The van der Waals surface area contributed by atoms with E-state index in [1.165, 1.54) is 7.11 Å². The van der Waals surface area contributed by atoms with Crippen molar-refractivity contribution in [2.75, 3.05) is 33.9 Å². The summed E-state index contributed by atoms with van der Waals surface area (Å²) in [5.41, 5.74) is 1.12. The summed E-state index contributed by atoms with van der Waals surface area (Å²) in [5, 5.41) is 2.86. The predicted octanol–water partition coefficient (Wildman–Crippen LogP) is 1.55. The third-order valence-electron chi connectivity index (χ3n) is 4.78. The molecule has 1 aliphatic rings. The van der Waals surface area contributed by atoms with Gasteiger partial charge in [0.2, 0.25) is 11.8 Å². The molecule has 1 N–H and O–H groups in total. The molecule has 2 amide bonds. The van der Waals surface area contributed by atoms with Gasteiger partial charge in [0.15, 0.2) is 0 Å². The van der Waals surface area contributed by atoms with Crippen LogP contribution in [0.25, 0.3) is 0 Å². The SMILES string of the molecule is COC(=O)CCCNC(=O)[C@H]1CCC(=O)N(CCc2ccc(OC)cc2)C1. The van der Waals surface area contributed by atoms with Gasteiger partial charge in [-0.25, -0.2) is 0 Å². The Morgan fingerprint density at radius 2 is 1.96 bits per heavy atom. The summed E-state index contributed by atoms with van der Waals surface area (Å²) >= 11 is 0. The van der Waals surface area contributed by atoms with Crippen LogP contribution in [0, 0.1) is 5.92 Å². The summed E-state index contributed by atoms with van der Waals surface area (Å²) in [6, 6.07) is 7.77. The molecule has 1 aliphatic heterocycles.